The van der Waals surface area contributed by atoms with Crippen LogP contribution in [0.15, 0.2) is 35.1 Å². The quantitative estimate of drug-likeness (QED) is 0.937. The van der Waals surface area contributed by atoms with E-state index in [9.17, 15) is 4.79 Å². The van der Waals surface area contributed by atoms with E-state index in [1.54, 1.807) is 18.6 Å². The SMILES string of the molecule is Cc1ccc([C@@H](C)NC(=O)N2CCN(c3cnccn3)CC2)o1. The standard InChI is InChI=1S/C16H21N5O2/c1-12-3-4-14(23-12)13(2)19-16(22)21-9-7-20(8-10-21)15-11-17-5-6-18-15/h3-6,11,13H,7-10H2,1-2H3,(H,19,22)/t13-/m1/s1. The Kier molecular flexibility index (Phi) is 4.45. The topological polar surface area (TPSA) is 74.5 Å². The Morgan fingerprint density at radius 3 is 2.65 bits per heavy atom. The van der Waals surface area contributed by atoms with Gasteiger partial charge in [0.1, 0.15) is 17.3 Å². The number of urea groups is 1. The van der Waals surface area contributed by atoms with Crippen LogP contribution in [0, 0.1) is 6.92 Å². The van der Waals surface area contributed by atoms with Crippen LogP contribution < -0.4 is 10.2 Å². The number of anilines is 1. The first-order chi connectivity index (χ1) is 11.1. The van der Waals surface area contributed by atoms with Crippen molar-refractivity contribution in [1.82, 2.24) is 20.2 Å². The molecule has 0 radical (unpaired) electrons. The van der Waals surface area contributed by atoms with Crippen LogP contribution in [0.4, 0.5) is 10.6 Å². The Hall–Kier alpha value is -2.57. The lowest BCUT2D eigenvalue weighted by Gasteiger charge is -2.35. The van der Waals surface area contributed by atoms with Gasteiger partial charge in [-0.2, -0.15) is 0 Å². The Morgan fingerprint density at radius 2 is 2.04 bits per heavy atom. The Balaban J connectivity index is 1.52. The minimum absolute atomic E-state index is 0.0645. The van der Waals surface area contributed by atoms with Crippen LogP contribution in [0.25, 0.3) is 0 Å². The summed E-state index contributed by atoms with van der Waals surface area (Å²) in [5.41, 5.74) is 0. The van der Waals surface area contributed by atoms with Gasteiger partial charge in [-0.15, -0.1) is 0 Å². The molecule has 7 heteroatoms. The van der Waals surface area contributed by atoms with Crippen molar-refractivity contribution in [1.29, 1.82) is 0 Å². The van der Waals surface area contributed by atoms with Gasteiger partial charge in [0.15, 0.2) is 0 Å². The van der Waals surface area contributed by atoms with Crippen molar-refractivity contribution in [2.45, 2.75) is 19.9 Å². The Labute approximate surface area is 135 Å². The largest absolute Gasteiger partial charge is 0.464 e. The molecule has 3 heterocycles. The fraction of sp³-hybridized carbons (Fsp3) is 0.438. The third-order valence-electron chi connectivity index (χ3n) is 3.97. The second kappa shape index (κ2) is 6.68. The maximum atomic E-state index is 12.4. The molecule has 23 heavy (non-hydrogen) atoms. The molecule has 3 rings (SSSR count). The van der Waals surface area contributed by atoms with E-state index in [2.05, 4.69) is 20.2 Å². The Bertz CT molecular complexity index is 650. The average Bonchev–Trinajstić information content (AvgIpc) is 3.02. The zero-order valence-corrected chi connectivity index (χ0v) is 13.4. The first-order valence-electron chi connectivity index (χ1n) is 7.76. The highest BCUT2D eigenvalue weighted by atomic mass is 16.3. The molecule has 1 atom stereocenters. The molecule has 122 valence electrons. The summed E-state index contributed by atoms with van der Waals surface area (Å²) in [6.07, 6.45) is 5.09. The van der Waals surface area contributed by atoms with E-state index in [4.69, 9.17) is 4.42 Å². The molecule has 0 aliphatic carbocycles. The average molecular weight is 315 g/mol. The summed E-state index contributed by atoms with van der Waals surface area (Å²) in [6, 6.07) is 3.59. The van der Waals surface area contributed by atoms with Crippen LogP contribution >= 0.6 is 0 Å². The molecular weight excluding hydrogens is 294 g/mol. The van der Waals surface area contributed by atoms with Gasteiger partial charge >= 0.3 is 6.03 Å². The van der Waals surface area contributed by atoms with E-state index in [-0.39, 0.29) is 12.1 Å². The smallest absolute Gasteiger partial charge is 0.318 e. The number of rotatable bonds is 3. The molecule has 1 aliphatic heterocycles. The molecule has 0 unspecified atom stereocenters. The molecule has 0 spiro atoms. The third-order valence-corrected chi connectivity index (χ3v) is 3.97. The van der Waals surface area contributed by atoms with Crippen molar-refractivity contribution in [2.24, 2.45) is 0 Å². The highest BCUT2D eigenvalue weighted by Gasteiger charge is 2.23. The molecule has 2 aromatic rings. The maximum absolute atomic E-state index is 12.4. The predicted molar refractivity (Wildman–Crippen MR) is 86.2 cm³/mol. The monoisotopic (exact) mass is 315 g/mol. The van der Waals surface area contributed by atoms with Crippen molar-refractivity contribution >= 4 is 11.8 Å². The Morgan fingerprint density at radius 1 is 1.26 bits per heavy atom. The van der Waals surface area contributed by atoms with Crippen molar-refractivity contribution < 1.29 is 9.21 Å². The first-order valence-corrected chi connectivity index (χ1v) is 7.76. The number of carbonyl (C=O) groups is 1. The fourth-order valence-corrected chi connectivity index (χ4v) is 2.63. The van der Waals surface area contributed by atoms with Gasteiger partial charge in [0, 0.05) is 38.6 Å². The number of hydrogen-bond donors (Lipinski definition) is 1. The lowest BCUT2D eigenvalue weighted by molar-refractivity contribution is 0.189. The number of hydrogen-bond acceptors (Lipinski definition) is 5. The molecule has 2 aromatic heterocycles. The summed E-state index contributed by atoms with van der Waals surface area (Å²) in [5, 5.41) is 2.98. The van der Waals surface area contributed by atoms with E-state index in [1.165, 1.54) is 0 Å². The number of nitrogens with zero attached hydrogens (tertiary/aromatic N) is 4. The van der Waals surface area contributed by atoms with Crippen molar-refractivity contribution in [2.75, 3.05) is 31.1 Å². The zero-order valence-electron chi connectivity index (χ0n) is 13.4. The summed E-state index contributed by atoms with van der Waals surface area (Å²) in [4.78, 5) is 24.7. The van der Waals surface area contributed by atoms with Crippen molar-refractivity contribution in [3.8, 4) is 0 Å². The van der Waals surface area contributed by atoms with Crippen molar-refractivity contribution in [3.63, 3.8) is 0 Å². The van der Waals surface area contributed by atoms with E-state index < -0.39 is 0 Å². The van der Waals surface area contributed by atoms with Gasteiger partial charge in [-0.3, -0.25) is 4.98 Å². The lowest BCUT2D eigenvalue weighted by atomic mass is 10.2. The highest BCUT2D eigenvalue weighted by Crippen LogP contribution is 2.16. The molecule has 1 N–H and O–H groups in total. The summed E-state index contributed by atoms with van der Waals surface area (Å²) in [5.74, 6) is 2.47. The lowest BCUT2D eigenvalue weighted by Crippen LogP contribution is -2.52. The predicted octanol–water partition coefficient (Wildman–Crippen LogP) is 1.97. The summed E-state index contributed by atoms with van der Waals surface area (Å²) in [7, 11) is 0. The molecule has 1 fully saturated rings. The van der Waals surface area contributed by atoms with Crippen LogP contribution in [0.2, 0.25) is 0 Å². The maximum Gasteiger partial charge on any atom is 0.318 e. The van der Waals surface area contributed by atoms with E-state index in [1.807, 2.05) is 30.9 Å². The van der Waals surface area contributed by atoms with E-state index >= 15 is 0 Å². The van der Waals surface area contributed by atoms with Gasteiger partial charge in [0.25, 0.3) is 0 Å². The molecule has 1 aliphatic rings. The van der Waals surface area contributed by atoms with Gasteiger partial charge in [-0.25, -0.2) is 9.78 Å². The minimum Gasteiger partial charge on any atom is -0.464 e. The van der Waals surface area contributed by atoms with Gasteiger partial charge in [-0.1, -0.05) is 0 Å². The molecule has 1 saturated heterocycles. The van der Waals surface area contributed by atoms with Crippen LogP contribution in [-0.2, 0) is 0 Å². The summed E-state index contributed by atoms with van der Waals surface area (Å²) >= 11 is 0. The fourth-order valence-electron chi connectivity index (χ4n) is 2.63. The number of aromatic nitrogens is 2. The molecule has 7 nitrogen and oxygen atoms in total. The molecule has 0 saturated carbocycles. The normalized spacial score (nSPS) is 16.3. The number of furan rings is 1. The second-order valence-corrected chi connectivity index (χ2v) is 5.66. The van der Waals surface area contributed by atoms with Crippen LogP contribution in [0.1, 0.15) is 24.5 Å². The second-order valence-electron chi connectivity index (χ2n) is 5.66. The van der Waals surface area contributed by atoms with Crippen LogP contribution in [-0.4, -0.2) is 47.1 Å². The van der Waals surface area contributed by atoms with Gasteiger partial charge < -0.3 is 19.5 Å². The number of carbonyl (C=O) groups excluding carboxylic acids is 1. The summed E-state index contributed by atoms with van der Waals surface area (Å²) < 4.78 is 5.55. The summed E-state index contributed by atoms with van der Waals surface area (Å²) in [6.45, 7) is 6.63. The van der Waals surface area contributed by atoms with E-state index in [0.29, 0.717) is 13.1 Å². The highest BCUT2D eigenvalue weighted by molar-refractivity contribution is 5.75. The number of aryl methyl sites for hydroxylation is 1. The molecule has 0 aromatic carbocycles. The van der Waals surface area contributed by atoms with Crippen LogP contribution in [0.3, 0.4) is 0 Å². The van der Waals surface area contributed by atoms with Crippen molar-refractivity contribution in [3.05, 3.63) is 42.2 Å². The third kappa shape index (κ3) is 3.61. The first kappa shape index (κ1) is 15.3. The van der Waals surface area contributed by atoms with Gasteiger partial charge in [0.05, 0.1) is 12.2 Å². The zero-order chi connectivity index (χ0) is 16.2. The van der Waals surface area contributed by atoms with Gasteiger partial charge in [0.2, 0.25) is 0 Å². The number of piperazine rings is 1. The molecule has 0 bridgehead atoms. The minimum atomic E-state index is -0.144. The number of nitrogens with one attached hydrogen (secondary N) is 1. The number of amides is 2. The van der Waals surface area contributed by atoms with Crippen LogP contribution in [0.5, 0.6) is 0 Å². The van der Waals surface area contributed by atoms with Gasteiger partial charge in [-0.05, 0) is 26.0 Å². The molecular formula is C16H21N5O2. The molecule has 2 amide bonds. The van der Waals surface area contributed by atoms with E-state index in [0.717, 1.165) is 30.4 Å².